The van der Waals surface area contributed by atoms with Gasteiger partial charge < -0.3 is 10.1 Å². The first kappa shape index (κ1) is 17.5. The summed E-state index contributed by atoms with van der Waals surface area (Å²) in [7, 11) is 1.65. The Morgan fingerprint density at radius 2 is 2.00 bits per heavy atom. The zero-order valence-corrected chi connectivity index (χ0v) is 15.4. The van der Waals surface area contributed by atoms with E-state index in [2.05, 4.69) is 25.3 Å². The van der Waals surface area contributed by atoms with Crippen LogP contribution in [-0.2, 0) is 13.1 Å². The predicted octanol–water partition coefficient (Wildman–Crippen LogP) is 2.02. The van der Waals surface area contributed by atoms with Gasteiger partial charge in [-0.05, 0) is 32.0 Å². The van der Waals surface area contributed by atoms with Gasteiger partial charge in [0.2, 0.25) is 5.95 Å². The van der Waals surface area contributed by atoms with Crippen LogP contribution in [0.2, 0.25) is 0 Å². The molecule has 8 heteroatoms. The van der Waals surface area contributed by atoms with Gasteiger partial charge >= 0.3 is 0 Å². The first-order chi connectivity index (χ1) is 13.2. The lowest BCUT2D eigenvalue weighted by Gasteiger charge is -2.25. The van der Waals surface area contributed by atoms with E-state index in [9.17, 15) is 4.79 Å². The molecule has 3 heterocycles. The van der Waals surface area contributed by atoms with Crippen molar-refractivity contribution in [1.82, 2.24) is 24.5 Å². The molecule has 1 aliphatic heterocycles. The summed E-state index contributed by atoms with van der Waals surface area (Å²) >= 11 is 0. The Hall–Kier alpha value is -2.87. The Bertz CT molecular complexity index is 974. The number of piperidine rings is 1. The van der Waals surface area contributed by atoms with Crippen LogP contribution < -0.4 is 15.6 Å². The van der Waals surface area contributed by atoms with Crippen LogP contribution in [0.15, 0.2) is 35.1 Å². The van der Waals surface area contributed by atoms with Gasteiger partial charge in [0, 0.05) is 24.7 Å². The maximum Gasteiger partial charge on any atom is 0.274 e. The highest BCUT2D eigenvalue weighted by molar-refractivity contribution is 5.40. The Balaban J connectivity index is 1.51. The number of methoxy groups -OCH3 is 1. The van der Waals surface area contributed by atoms with E-state index in [4.69, 9.17) is 4.74 Å². The van der Waals surface area contributed by atoms with E-state index in [0.717, 1.165) is 30.1 Å². The zero-order valence-electron chi connectivity index (χ0n) is 15.4. The van der Waals surface area contributed by atoms with Crippen molar-refractivity contribution in [2.24, 2.45) is 0 Å². The fourth-order valence-corrected chi connectivity index (χ4v) is 3.46. The van der Waals surface area contributed by atoms with Crippen LogP contribution in [0.4, 0.5) is 5.95 Å². The molecular weight excluding hydrogens is 344 g/mol. The summed E-state index contributed by atoms with van der Waals surface area (Å²) in [6.45, 7) is 3.35. The van der Waals surface area contributed by atoms with Gasteiger partial charge in [-0.1, -0.05) is 24.6 Å². The molecule has 0 aliphatic carbocycles. The van der Waals surface area contributed by atoms with Crippen molar-refractivity contribution in [3.8, 4) is 5.75 Å². The molecule has 0 unspecified atom stereocenters. The van der Waals surface area contributed by atoms with Crippen molar-refractivity contribution in [3.05, 3.63) is 51.9 Å². The van der Waals surface area contributed by atoms with E-state index >= 15 is 0 Å². The highest BCUT2D eigenvalue weighted by Gasteiger charge is 2.14. The van der Waals surface area contributed by atoms with Gasteiger partial charge in [-0.2, -0.15) is 9.50 Å². The third-order valence-electron chi connectivity index (χ3n) is 4.86. The minimum Gasteiger partial charge on any atom is -0.496 e. The second-order valence-corrected chi connectivity index (χ2v) is 6.80. The third-order valence-corrected chi connectivity index (χ3v) is 4.86. The fraction of sp³-hybridized carbons (Fsp3) is 0.421. The SMILES string of the molecule is COc1ccccc1CNc1nc2nc(CN3CCCCC3)cc(=O)n2[nH]1. The highest BCUT2D eigenvalue weighted by Crippen LogP contribution is 2.18. The number of aromatic amines is 1. The molecule has 1 aliphatic rings. The van der Waals surface area contributed by atoms with Crippen LogP contribution in [0.25, 0.3) is 5.78 Å². The second kappa shape index (κ2) is 7.79. The standard InChI is InChI=1S/C19H24N6O2/c1-27-16-8-4-3-7-14(16)12-20-18-22-19-21-15(11-17(26)25(19)23-18)13-24-9-5-2-6-10-24/h3-4,7-8,11H,2,5-6,9-10,12-13H2,1H3,(H2,20,21,22,23). The molecule has 0 saturated carbocycles. The number of likely N-dealkylation sites (tertiary alicyclic amines) is 1. The maximum absolute atomic E-state index is 12.4. The molecule has 0 spiro atoms. The zero-order chi connectivity index (χ0) is 18.6. The van der Waals surface area contributed by atoms with Gasteiger partial charge in [-0.15, -0.1) is 0 Å². The van der Waals surface area contributed by atoms with Crippen LogP contribution in [0.3, 0.4) is 0 Å². The molecule has 1 aromatic carbocycles. The quantitative estimate of drug-likeness (QED) is 0.692. The first-order valence-corrected chi connectivity index (χ1v) is 9.30. The van der Waals surface area contributed by atoms with Crippen molar-refractivity contribution in [3.63, 3.8) is 0 Å². The highest BCUT2D eigenvalue weighted by atomic mass is 16.5. The number of ether oxygens (including phenoxy) is 1. The number of anilines is 1. The van der Waals surface area contributed by atoms with Crippen LogP contribution in [0.1, 0.15) is 30.5 Å². The van der Waals surface area contributed by atoms with E-state index in [1.54, 1.807) is 13.2 Å². The number of para-hydroxylation sites is 1. The molecule has 1 saturated heterocycles. The Kier molecular flexibility index (Phi) is 5.06. The lowest BCUT2D eigenvalue weighted by atomic mass is 10.1. The van der Waals surface area contributed by atoms with Gasteiger partial charge in [0.1, 0.15) is 5.75 Å². The number of hydrogen-bond acceptors (Lipinski definition) is 6. The van der Waals surface area contributed by atoms with Crippen molar-refractivity contribution < 1.29 is 4.74 Å². The van der Waals surface area contributed by atoms with Gasteiger partial charge in [-0.3, -0.25) is 14.8 Å². The summed E-state index contributed by atoms with van der Waals surface area (Å²) in [5.74, 6) is 1.69. The minimum atomic E-state index is -0.148. The summed E-state index contributed by atoms with van der Waals surface area (Å²) in [6, 6.07) is 9.36. The number of rotatable bonds is 6. The maximum atomic E-state index is 12.4. The molecule has 3 aromatic rings. The van der Waals surface area contributed by atoms with Crippen LogP contribution in [-0.4, -0.2) is 44.7 Å². The monoisotopic (exact) mass is 368 g/mol. The molecule has 0 radical (unpaired) electrons. The normalized spacial score (nSPS) is 15.1. The van der Waals surface area contributed by atoms with E-state index in [0.29, 0.717) is 24.8 Å². The lowest BCUT2D eigenvalue weighted by Crippen LogP contribution is -2.30. The molecule has 0 amide bonds. The number of nitrogens with one attached hydrogen (secondary N) is 2. The average Bonchev–Trinajstić information content (AvgIpc) is 3.11. The summed E-state index contributed by atoms with van der Waals surface area (Å²) in [5.41, 5.74) is 1.63. The number of hydrogen-bond donors (Lipinski definition) is 2. The van der Waals surface area contributed by atoms with Gasteiger partial charge in [0.25, 0.3) is 11.3 Å². The molecule has 8 nitrogen and oxygen atoms in total. The minimum absolute atomic E-state index is 0.148. The van der Waals surface area contributed by atoms with Crippen LogP contribution >= 0.6 is 0 Å². The molecule has 142 valence electrons. The molecule has 1 fully saturated rings. The molecule has 0 bridgehead atoms. The lowest BCUT2D eigenvalue weighted by molar-refractivity contribution is 0.218. The van der Waals surface area contributed by atoms with Gasteiger partial charge in [0.15, 0.2) is 0 Å². The largest absolute Gasteiger partial charge is 0.496 e. The number of fused-ring (bicyclic) bond motifs is 1. The molecule has 2 aromatic heterocycles. The van der Waals surface area contributed by atoms with Crippen molar-refractivity contribution in [2.75, 3.05) is 25.5 Å². The van der Waals surface area contributed by atoms with E-state index < -0.39 is 0 Å². The van der Waals surface area contributed by atoms with E-state index in [1.165, 1.54) is 23.8 Å². The Labute approximate surface area is 157 Å². The molecule has 2 N–H and O–H groups in total. The van der Waals surface area contributed by atoms with Crippen molar-refractivity contribution in [2.45, 2.75) is 32.4 Å². The van der Waals surface area contributed by atoms with E-state index in [-0.39, 0.29) is 5.56 Å². The molecular formula is C19H24N6O2. The van der Waals surface area contributed by atoms with Crippen LogP contribution in [0.5, 0.6) is 5.75 Å². The van der Waals surface area contributed by atoms with Gasteiger partial charge in [0.05, 0.1) is 12.8 Å². The Morgan fingerprint density at radius 1 is 1.19 bits per heavy atom. The summed E-state index contributed by atoms with van der Waals surface area (Å²) in [5, 5.41) is 6.16. The summed E-state index contributed by atoms with van der Waals surface area (Å²) in [4.78, 5) is 23.7. The second-order valence-electron chi connectivity index (χ2n) is 6.80. The molecule has 0 atom stereocenters. The number of aromatic nitrogens is 4. The third kappa shape index (κ3) is 3.95. The number of nitrogens with zero attached hydrogens (tertiary/aromatic N) is 4. The Morgan fingerprint density at radius 3 is 2.81 bits per heavy atom. The number of H-pyrrole nitrogens is 1. The van der Waals surface area contributed by atoms with Crippen molar-refractivity contribution >= 4 is 11.7 Å². The fourth-order valence-electron chi connectivity index (χ4n) is 3.46. The molecule has 27 heavy (non-hydrogen) atoms. The van der Waals surface area contributed by atoms with E-state index in [1.807, 2.05) is 24.3 Å². The predicted molar refractivity (Wildman–Crippen MR) is 103 cm³/mol. The average molecular weight is 368 g/mol. The topological polar surface area (TPSA) is 87.5 Å². The van der Waals surface area contributed by atoms with Crippen molar-refractivity contribution in [1.29, 1.82) is 0 Å². The summed E-state index contributed by atoms with van der Waals surface area (Å²) < 4.78 is 6.72. The summed E-state index contributed by atoms with van der Waals surface area (Å²) in [6.07, 6.45) is 3.70. The molecule has 4 rings (SSSR count). The number of benzene rings is 1. The smallest absolute Gasteiger partial charge is 0.274 e. The van der Waals surface area contributed by atoms with Gasteiger partial charge in [-0.25, -0.2) is 4.98 Å². The van der Waals surface area contributed by atoms with Crippen LogP contribution in [0, 0.1) is 0 Å². The first-order valence-electron chi connectivity index (χ1n) is 9.30.